The molecule has 0 saturated carbocycles. The quantitative estimate of drug-likeness (QED) is 0.770. The van der Waals surface area contributed by atoms with Crippen molar-refractivity contribution in [3.8, 4) is 11.6 Å². The van der Waals surface area contributed by atoms with E-state index >= 15 is 0 Å². The molecular formula is C12H10N2O3. The van der Waals surface area contributed by atoms with Crippen molar-refractivity contribution in [3.05, 3.63) is 52.1 Å². The highest BCUT2D eigenvalue weighted by Crippen LogP contribution is 2.34. The monoisotopic (exact) mass is 230 g/mol. The second-order valence-electron chi connectivity index (χ2n) is 3.91. The Morgan fingerprint density at radius 3 is 3.00 bits per heavy atom. The number of ether oxygens (including phenoxy) is 1. The zero-order valence-corrected chi connectivity index (χ0v) is 8.88. The Kier molecular flexibility index (Phi) is 2.11. The number of hydrogen-bond donors (Lipinski definition) is 2. The molecule has 3 rings (SSSR count). The lowest BCUT2D eigenvalue weighted by Crippen LogP contribution is -2.15. The molecule has 0 bridgehead atoms. The minimum absolute atomic E-state index is 0.289. The van der Waals surface area contributed by atoms with Crippen LogP contribution in [0.1, 0.15) is 17.5 Å². The summed E-state index contributed by atoms with van der Waals surface area (Å²) < 4.78 is 5.66. The summed E-state index contributed by atoms with van der Waals surface area (Å²) in [6.45, 7) is 0. The fourth-order valence-electron chi connectivity index (χ4n) is 1.95. The molecule has 5 nitrogen and oxygen atoms in total. The van der Waals surface area contributed by atoms with E-state index in [4.69, 9.17) is 4.74 Å². The van der Waals surface area contributed by atoms with E-state index in [9.17, 15) is 9.90 Å². The maximum atomic E-state index is 11.2. The van der Waals surface area contributed by atoms with Crippen molar-refractivity contribution >= 4 is 0 Å². The molecule has 5 heteroatoms. The molecule has 2 N–H and O–H groups in total. The molecule has 2 heterocycles. The topological polar surface area (TPSA) is 75.2 Å². The molecule has 1 unspecified atom stereocenters. The first-order valence-electron chi connectivity index (χ1n) is 5.27. The molecule has 1 aromatic heterocycles. The average molecular weight is 230 g/mol. The highest BCUT2D eigenvalue weighted by molar-refractivity contribution is 5.38. The Bertz CT molecular complexity index is 596. The maximum Gasteiger partial charge on any atom is 0.254 e. The van der Waals surface area contributed by atoms with Gasteiger partial charge in [0, 0.05) is 6.42 Å². The van der Waals surface area contributed by atoms with Crippen LogP contribution in [0.25, 0.3) is 0 Å². The highest BCUT2D eigenvalue weighted by Gasteiger charge is 2.26. The van der Waals surface area contributed by atoms with E-state index in [1.54, 1.807) is 0 Å². The summed E-state index contributed by atoms with van der Waals surface area (Å²) in [5, 5.41) is 9.28. The van der Waals surface area contributed by atoms with E-state index < -0.39 is 0 Å². The van der Waals surface area contributed by atoms with E-state index in [2.05, 4.69) is 9.97 Å². The summed E-state index contributed by atoms with van der Waals surface area (Å²) in [7, 11) is 0. The van der Waals surface area contributed by atoms with Gasteiger partial charge in [0.05, 0.1) is 6.07 Å². The first kappa shape index (κ1) is 9.89. The van der Waals surface area contributed by atoms with Crippen molar-refractivity contribution in [2.24, 2.45) is 0 Å². The van der Waals surface area contributed by atoms with Gasteiger partial charge in [0.15, 0.2) is 11.9 Å². The number of hydrogen-bond acceptors (Lipinski definition) is 4. The summed E-state index contributed by atoms with van der Waals surface area (Å²) in [5.41, 5.74) is 0.690. The van der Waals surface area contributed by atoms with Gasteiger partial charge in [-0.2, -0.15) is 4.98 Å². The van der Waals surface area contributed by atoms with Crippen LogP contribution in [-0.2, 0) is 6.42 Å². The van der Waals surface area contributed by atoms with Crippen molar-refractivity contribution in [2.75, 3.05) is 0 Å². The number of rotatable bonds is 1. The van der Waals surface area contributed by atoms with Crippen LogP contribution in [-0.4, -0.2) is 15.1 Å². The van der Waals surface area contributed by atoms with Crippen molar-refractivity contribution in [1.82, 2.24) is 9.97 Å². The van der Waals surface area contributed by atoms with E-state index in [1.165, 1.54) is 0 Å². The molecule has 1 aliphatic rings. The standard InChI is InChI=1S/C12H10N2O3/c15-10-6-11(16)14-12(13-10)9-5-7-3-1-2-4-8(7)17-9/h1-4,6,9H,5H2,(H2,13,14,15,16). The lowest BCUT2D eigenvalue weighted by atomic mass is 10.1. The van der Waals surface area contributed by atoms with Gasteiger partial charge in [-0.3, -0.25) is 4.79 Å². The molecule has 2 aromatic rings. The van der Waals surface area contributed by atoms with E-state index in [0.29, 0.717) is 12.2 Å². The number of aromatic hydroxyl groups is 1. The molecule has 1 atom stereocenters. The van der Waals surface area contributed by atoms with Crippen molar-refractivity contribution in [1.29, 1.82) is 0 Å². The van der Waals surface area contributed by atoms with E-state index in [0.717, 1.165) is 17.4 Å². The van der Waals surface area contributed by atoms with Gasteiger partial charge in [0.2, 0.25) is 5.88 Å². The Hall–Kier alpha value is -2.30. The van der Waals surface area contributed by atoms with Gasteiger partial charge in [0.1, 0.15) is 5.75 Å². The summed E-state index contributed by atoms with van der Waals surface area (Å²) in [4.78, 5) is 17.7. The molecule has 0 saturated heterocycles. The van der Waals surface area contributed by atoms with Crippen molar-refractivity contribution < 1.29 is 9.84 Å². The normalized spacial score (nSPS) is 17.5. The maximum absolute atomic E-state index is 11.2. The van der Waals surface area contributed by atoms with Gasteiger partial charge in [-0.1, -0.05) is 18.2 Å². The fourth-order valence-corrected chi connectivity index (χ4v) is 1.95. The Morgan fingerprint density at radius 1 is 1.41 bits per heavy atom. The summed E-state index contributed by atoms with van der Waals surface area (Å²) >= 11 is 0. The van der Waals surface area contributed by atoms with Crippen LogP contribution >= 0.6 is 0 Å². The minimum atomic E-state index is -0.382. The van der Waals surface area contributed by atoms with Crippen LogP contribution in [0.4, 0.5) is 0 Å². The zero-order valence-electron chi connectivity index (χ0n) is 8.88. The van der Waals surface area contributed by atoms with Crippen molar-refractivity contribution in [3.63, 3.8) is 0 Å². The third-order valence-corrected chi connectivity index (χ3v) is 2.70. The van der Waals surface area contributed by atoms with Gasteiger partial charge in [-0.05, 0) is 11.6 Å². The molecule has 0 amide bonds. The van der Waals surface area contributed by atoms with Gasteiger partial charge < -0.3 is 14.8 Å². The number of H-pyrrole nitrogens is 1. The van der Waals surface area contributed by atoms with E-state index in [-0.39, 0.29) is 17.5 Å². The molecule has 17 heavy (non-hydrogen) atoms. The molecule has 86 valence electrons. The first-order chi connectivity index (χ1) is 8.22. The Labute approximate surface area is 96.7 Å². The number of nitrogens with one attached hydrogen (secondary N) is 1. The molecule has 1 aliphatic heterocycles. The lowest BCUT2D eigenvalue weighted by Gasteiger charge is -2.09. The van der Waals surface area contributed by atoms with Gasteiger partial charge in [-0.15, -0.1) is 0 Å². The smallest absolute Gasteiger partial charge is 0.254 e. The van der Waals surface area contributed by atoms with Gasteiger partial charge >= 0.3 is 0 Å². The van der Waals surface area contributed by atoms with Crippen LogP contribution in [0.3, 0.4) is 0 Å². The van der Waals surface area contributed by atoms with Crippen LogP contribution in [0.15, 0.2) is 35.1 Å². The fraction of sp³-hybridized carbons (Fsp3) is 0.167. The van der Waals surface area contributed by atoms with Gasteiger partial charge in [-0.25, -0.2) is 0 Å². The highest BCUT2D eigenvalue weighted by atomic mass is 16.5. The number of fused-ring (bicyclic) bond motifs is 1. The number of benzene rings is 1. The average Bonchev–Trinajstić information content (AvgIpc) is 2.71. The second kappa shape index (κ2) is 3.62. The van der Waals surface area contributed by atoms with Crippen LogP contribution in [0.2, 0.25) is 0 Å². The number of para-hydroxylation sites is 1. The van der Waals surface area contributed by atoms with Crippen molar-refractivity contribution in [2.45, 2.75) is 12.5 Å². The van der Waals surface area contributed by atoms with Crippen LogP contribution in [0, 0.1) is 0 Å². The molecule has 0 radical (unpaired) electrons. The Balaban J connectivity index is 1.96. The number of aromatic amines is 1. The molecule has 0 fully saturated rings. The second-order valence-corrected chi connectivity index (χ2v) is 3.91. The predicted octanol–water partition coefficient (Wildman–Crippen LogP) is 1.15. The molecule has 1 aromatic carbocycles. The molecular weight excluding hydrogens is 220 g/mol. The largest absolute Gasteiger partial charge is 0.493 e. The molecule has 0 spiro atoms. The number of aromatic nitrogens is 2. The summed E-state index contributed by atoms with van der Waals surface area (Å²) in [5.74, 6) is 0.859. The SMILES string of the molecule is O=c1cc(O)nc(C2Cc3ccccc3O2)[nH]1. The van der Waals surface area contributed by atoms with Crippen LogP contribution < -0.4 is 10.3 Å². The van der Waals surface area contributed by atoms with E-state index in [1.807, 2.05) is 24.3 Å². The summed E-state index contributed by atoms with van der Waals surface area (Å²) in [6.07, 6.45) is 0.301. The third kappa shape index (κ3) is 1.75. The third-order valence-electron chi connectivity index (χ3n) is 2.70. The molecule has 0 aliphatic carbocycles. The first-order valence-corrected chi connectivity index (χ1v) is 5.27. The lowest BCUT2D eigenvalue weighted by molar-refractivity contribution is 0.225. The number of nitrogens with zero attached hydrogens (tertiary/aromatic N) is 1. The minimum Gasteiger partial charge on any atom is -0.493 e. The van der Waals surface area contributed by atoms with Crippen LogP contribution in [0.5, 0.6) is 11.6 Å². The summed E-state index contributed by atoms with van der Waals surface area (Å²) in [6, 6.07) is 8.70. The zero-order chi connectivity index (χ0) is 11.8. The predicted molar refractivity (Wildman–Crippen MR) is 60.0 cm³/mol. The van der Waals surface area contributed by atoms with Gasteiger partial charge in [0.25, 0.3) is 5.56 Å². The Morgan fingerprint density at radius 2 is 2.24 bits per heavy atom.